The summed E-state index contributed by atoms with van der Waals surface area (Å²) in [6, 6.07) is 11.9. The number of ether oxygens (including phenoxy) is 1. The van der Waals surface area contributed by atoms with E-state index in [4.69, 9.17) is 4.74 Å². The van der Waals surface area contributed by atoms with Crippen LogP contribution in [0.2, 0.25) is 0 Å². The first-order chi connectivity index (χ1) is 13.4. The molecule has 0 aliphatic rings. The largest absolute Gasteiger partial charge is 0.497 e. The molecule has 1 aromatic heterocycles. The molecule has 5 nitrogen and oxygen atoms in total. The van der Waals surface area contributed by atoms with Gasteiger partial charge in [0.2, 0.25) is 5.91 Å². The van der Waals surface area contributed by atoms with Gasteiger partial charge in [-0.15, -0.1) is 0 Å². The van der Waals surface area contributed by atoms with Gasteiger partial charge in [-0.2, -0.15) is 13.2 Å². The van der Waals surface area contributed by atoms with Gasteiger partial charge in [-0.05, 0) is 30.3 Å². The maximum absolute atomic E-state index is 12.9. The molecule has 0 saturated carbocycles. The molecular formula is C19H16F3N3O2S. The molecule has 2 aromatic carbocycles. The maximum atomic E-state index is 12.9. The van der Waals surface area contributed by atoms with Crippen molar-refractivity contribution < 1.29 is 22.7 Å². The fourth-order valence-corrected chi connectivity index (χ4v) is 3.23. The Balaban J connectivity index is 1.68. The monoisotopic (exact) mass is 407 g/mol. The van der Waals surface area contributed by atoms with Crippen LogP contribution >= 0.6 is 11.8 Å². The van der Waals surface area contributed by atoms with Gasteiger partial charge in [0.15, 0.2) is 5.16 Å². The van der Waals surface area contributed by atoms with Crippen molar-refractivity contribution in [3.05, 3.63) is 66.5 Å². The van der Waals surface area contributed by atoms with E-state index in [0.717, 1.165) is 23.9 Å². The van der Waals surface area contributed by atoms with Gasteiger partial charge in [0.05, 0.1) is 18.4 Å². The van der Waals surface area contributed by atoms with E-state index in [2.05, 4.69) is 10.3 Å². The Morgan fingerprint density at radius 2 is 2.00 bits per heavy atom. The molecule has 1 heterocycles. The first-order valence-corrected chi connectivity index (χ1v) is 9.13. The second kappa shape index (κ2) is 8.39. The summed E-state index contributed by atoms with van der Waals surface area (Å²) in [4.78, 5) is 16.3. The fourth-order valence-electron chi connectivity index (χ4n) is 2.45. The first-order valence-electron chi connectivity index (χ1n) is 8.14. The third kappa shape index (κ3) is 4.86. The highest BCUT2D eigenvalue weighted by Crippen LogP contribution is 2.31. The Kier molecular flexibility index (Phi) is 5.93. The number of amides is 1. The number of alkyl halides is 3. The smallest absolute Gasteiger partial charge is 0.416 e. The van der Waals surface area contributed by atoms with Crippen molar-refractivity contribution in [1.29, 1.82) is 0 Å². The summed E-state index contributed by atoms with van der Waals surface area (Å²) in [7, 11) is 1.53. The number of carbonyl (C=O) groups is 1. The van der Waals surface area contributed by atoms with E-state index in [-0.39, 0.29) is 11.7 Å². The number of rotatable bonds is 6. The fraction of sp³-hybridized carbons (Fsp3) is 0.158. The van der Waals surface area contributed by atoms with E-state index in [0.29, 0.717) is 22.3 Å². The SMILES string of the molecule is COc1cccc(NC(=O)CSc2nccn2-c2cccc(C(F)(F)F)c2)c1. The molecule has 0 spiro atoms. The van der Waals surface area contributed by atoms with Crippen molar-refractivity contribution in [2.24, 2.45) is 0 Å². The number of nitrogens with zero attached hydrogens (tertiary/aromatic N) is 2. The first kappa shape index (κ1) is 19.8. The lowest BCUT2D eigenvalue weighted by atomic mass is 10.2. The highest BCUT2D eigenvalue weighted by atomic mass is 32.2. The summed E-state index contributed by atoms with van der Waals surface area (Å²) in [5.41, 5.74) is 0.166. The normalized spacial score (nSPS) is 11.3. The molecule has 0 saturated heterocycles. The van der Waals surface area contributed by atoms with Gasteiger partial charge < -0.3 is 10.1 Å². The average molecular weight is 407 g/mol. The topological polar surface area (TPSA) is 56.1 Å². The molecule has 146 valence electrons. The van der Waals surface area contributed by atoms with Crippen LogP contribution < -0.4 is 10.1 Å². The number of imidazole rings is 1. The minimum Gasteiger partial charge on any atom is -0.497 e. The standard InChI is InChI=1S/C19H16F3N3O2S/c1-27-16-7-3-5-14(11-16)24-17(26)12-28-18-23-8-9-25(18)15-6-2-4-13(10-15)19(20,21)22/h2-11H,12H2,1H3,(H,24,26). The summed E-state index contributed by atoms with van der Waals surface area (Å²) in [5, 5.41) is 3.16. The van der Waals surface area contributed by atoms with Crippen LogP contribution in [0.3, 0.4) is 0 Å². The number of methoxy groups -OCH3 is 1. The number of thioether (sulfide) groups is 1. The molecule has 0 fully saturated rings. The minimum absolute atomic E-state index is 0.0488. The van der Waals surface area contributed by atoms with Gasteiger partial charge in [0.25, 0.3) is 0 Å². The van der Waals surface area contributed by atoms with Gasteiger partial charge in [-0.3, -0.25) is 9.36 Å². The number of hydrogen-bond donors (Lipinski definition) is 1. The van der Waals surface area contributed by atoms with Gasteiger partial charge in [-0.1, -0.05) is 23.9 Å². The number of benzene rings is 2. The van der Waals surface area contributed by atoms with E-state index in [1.807, 2.05) is 0 Å². The third-order valence-corrected chi connectivity index (χ3v) is 4.71. The number of hydrogen-bond acceptors (Lipinski definition) is 4. The second-order valence-corrected chi connectivity index (χ2v) is 6.64. The zero-order chi connectivity index (χ0) is 20.1. The molecule has 3 aromatic rings. The summed E-state index contributed by atoms with van der Waals surface area (Å²) in [6.45, 7) is 0. The van der Waals surface area contributed by atoms with Crippen molar-refractivity contribution in [2.45, 2.75) is 11.3 Å². The summed E-state index contributed by atoms with van der Waals surface area (Å²) >= 11 is 1.13. The van der Waals surface area contributed by atoms with E-state index in [9.17, 15) is 18.0 Å². The van der Waals surface area contributed by atoms with Crippen LogP contribution in [0, 0.1) is 0 Å². The van der Waals surface area contributed by atoms with Crippen molar-refractivity contribution in [1.82, 2.24) is 9.55 Å². The molecule has 0 atom stereocenters. The van der Waals surface area contributed by atoms with Gasteiger partial charge >= 0.3 is 6.18 Å². The highest BCUT2D eigenvalue weighted by Gasteiger charge is 2.30. The molecular weight excluding hydrogens is 391 g/mol. The molecule has 0 unspecified atom stereocenters. The number of aromatic nitrogens is 2. The van der Waals surface area contributed by atoms with Crippen molar-refractivity contribution in [2.75, 3.05) is 18.2 Å². The second-order valence-electron chi connectivity index (χ2n) is 5.70. The van der Waals surface area contributed by atoms with Gasteiger partial charge in [0.1, 0.15) is 5.75 Å². The lowest BCUT2D eigenvalue weighted by Crippen LogP contribution is -2.14. The molecule has 28 heavy (non-hydrogen) atoms. The van der Waals surface area contributed by atoms with Crippen LogP contribution in [0.5, 0.6) is 5.75 Å². The number of carbonyl (C=O) groups excluding carboxylic acids is 1. The van der Waals surface area contributed by atoms with E-state index in [1.165, 1.54) is 23.9 Å². The quantitative estimate of drug-likeness (QED) is 0.606. The highest BCUT2D eigenvalue weighted by molar-refractivity contribution is 7.99. The summed E-state index contributed by atoms with van der Waals surface area (Å²) < 4.78 is 45.4. The predicted octanol–water partition coefficient (Wildman–Crippen LogP) is 4.63. The Labute approximate surface area is 163 Å². The van der Waals surface area contributed by atoms with Crippen LogP contribution in [0.4, 0.5) is 18.9 Å². The van der Waals surface area contributed by atoms with E-state index < -0.39 is 11.7 Å². The van der Waals surface area contributed by atoms with E-state index in [1.54, 1.807) is 36.5 Å². The Hall–Kier alpha value is -2.94. The molecule has 0 bridgehead atoms. The number of halogens is 3. The average Bonchev–Trinajstić information content (AvgIpc) is 3.14. The number of nitrogens with one attached hydrogen (secondary N) is 1. The summed E-state index contributed by atoms with van der Waals surface area (Å²) in [6.07, 6.45) is -1.40. The predicted molar refractivity (Wildman–Crippen MR) is 101 cm³/mol. The van der Waals surface area contributed by atoms with Crippen LogP contribution in [0.15, 0.2) is 66.1 Å². The lowest BCUT2D eigenvalue weighted by molar-refractivity contribution is -0.137. The third-order valence-electron chi connectivity index (χ3n) is 3.74. The molecule has 0 radical (unpaired) electrons. The lowest BCUT2D eigenvalue weighted by Gasteiger charge is -2.11. The van der Waals surface area contributed by atoms with E-state index >= 15 is 0 Å². The van der Waals surface area contributed by atoms with Crippen LogP contribution in [0.1, 0.15) is 5.56 Å². The Morgan fingerprint density at radius 3 is 2.75 bits per heavy atom. The molecule has 3 rings (SSSR count). The number of anilines is 1. The Morgan fingerprint density at radius 1 is 1.21 bits per heavy atom. The zero-order valence-corrected chi connectivity index (χ0v) is 15.6. The summed E-state index contributed by atoms with van der Waals surface area (Å²) in [5.74, 6) is 0.398. The van der Waals surface area contributed by atoms with Crippen LogP contribution in [-0.2, 0) is 11.0 Å². The van der Waals surface area contributed by atoms with Crippen molar-refractivity contribution in [3.8, 4) is 11.4 Å². The molecule has 0 aliphatic heterocycles. The maximum Gasteiger partial charge on any atom is 0.416 e. The molecule has 9 heteroatoms. The molecule has 1 amide bonds. The van der Waals surface area contributed by atoms with Crippen LogP contribution in [0.25, 0.3) is 5.69 Å². The minimum atomic E-state index is -4.43. The van der Waals surface area contributed by atoms with Crippen molar-refractivity contribution in [3.63, 3.8) is 0 Å². The Bertz CT molecular complexity index is 973. The molecule has 1 N–H and O–H groups in total. The van der Waals surface area contributed by atoms with Crippen molar-refractivity contribution >= 4 is 23.4 Å². The van der Waals surface area contributed by atoms with Crippen LogP contribution in [-0.4, -0.2) is 28.3 Å². The zero-order valence-electron chi connectivity index (χ0n) is 14.7. The van der Waals surface area contributed by atoms with Gasteiger partial charge in [-0.25, -0.2) is 4.98 Å². The molecule has 0 aliphatic carbocycles. The van der Waals surface area contributed by atoms with Gasteiger partial charge in [0, 0.05) is 29.8 Å².